The minimum Gasteiger partial charge on any atom is -0.402 e. The van der Waals surface area contributed by atoms with E-state index < -0.39 is 15.8 Å². The van der Waals surface area contributed by atoms with Gasteiger partial charge in [0.15, 0.2) is 5.70 Å². The molecule has 26 heavy (non-hydrogen) atoms. The summed E-state index contributed by atoms with van der Waals surface area (Å²) in [5, 5.41) is 21.7. The van der Waals surface area contributed by atoms with Gasteiger partial charge in [-0.25, -0.2) is 9.79 Å². The SMILES string of the molecule is O=C1OC(c2ccc(Cl)c([N+](=O)[O-])c2)=N/C1=C/c1cccc([N+](=O)[O-])c1. The number of halogens is 1. The number of aliphatic imine (C=N–C) groups is 1. The van der Waals surface area contributed by atoms with E-state index in [1.165, 1.54) is 36.4 Å². The lowest BCUT2D eigenvalue weighted by molar-refractivity contribution is -0.385. The van der Waals surface area contributed by atoms with Gasteiger partial charge in [-0.15, -0.1) is 0 Å². The van der Waals surface area contributed by atoms with Crippen LogP contribution < -0.4 is 0 Å². The number of carbonyl (C=O) groups is 1. The number of cyclic esters (lactones) is 1. The van der Waals surface area contributed by atoms with Gasteiger partial charge in [-0.1, -0.05) is 23.7 Å². The standard InChI is InChI=1S/C16H8ClN3O6/c17-12-5-4-10(8-14(12)20(24)25)15-18-13(16(21)26-15)7-9-2-1-3-11(6-9)19(22)23/h1-8H/b13-7+. The molecule has 2 aromatic carbocycles. The Balaban J connectivity index is 1.97. The van der Waals surface area contributed by atoms with Gasteiger partial charge in [0.25, 0.3) is 11.4 Å². The van der Waals surface area contributed by atoms with Crippen molar-refractivity contribution >= 4 is 40.9 Å². The number of hydrogen-bond donors (Lipinski definition) is 0. The largest absolute Gasteiger partial charge is 0.402 e. The van der Waals surface area contributed by atoms with Gasteiger partial charge < -0.3 is 4.74 Å². The van der Waals surface area contributed by atoms with Gasteiger partial charge in [0, 0.05) is 23.8 Å². The molecular weight excluding hydrogens is 366 g/mol. The molecule has 0 spiro atoms. The topological polar surface area (TPSA) is 125 Å². The Labute approximate surface area is 150 Å². The van der Waals surface area contributed by atoms with Crippen LogP contribution in [0.4, 0.5) is 11.4 Å². The highest BCUT2D eigenvalue weighted by Crippen LogP contribution is 2.27. The van der Waals surface area contributed by atoms with Gasteiger partial charge in [-0.3, -0.25) is 20.2 Å². The summed E-state index contributed by atoms with van der Waals surface area (Å²) in [6.45, 7) is 0. The van der Waals surface area contributed by atoms with Crippen LogP contribution in [-0.4, -0.2) is 21.7 Å². The van der Waals surface area contributed by atoms with Crippen LogP contribution in [0.15, 0.2) is 53.2 Å². The second-order valence-corrected chi connectivity index (χ2v) is 5.52. The van der Waals surface area contributed by atoms with E-state index in [1.807, 2.05) is 0 Å². The van der Waals surface area contributed by atoms with E-state index >= 15 is 0 Å². The minimum atomic E-state index is -0.774. The van der Waals surface area contributed by atoms with Crippen LogP contribution in [0.2, 0.25) is 5.02 Å². The van der Waals surface area contributed by atoms with Crippen molar-refractivity contribution in [3.63, 3.8) is 0 Å². The number of hydrogen-bond acceptors (Lipinski definition) is 7. The zero-order chi connectivity index (χ0) is 18.8. The molecule has 0 N–H and O–H groups in total. The molecule has 0 saturated heterocycles. The lowest BCUT2D eigenvalue weighted by atomic mass is 10.1. The van der Waals surface area contributed by atoms with E-state index in [1.54, 1.807) is 6.07 Å². The van der Waals surface area contributed by atoms with Crippen molar-refractivity contribution < 1.29 is 19.4 Å². The molecule has 0 fully saturated rings. The van der Waals surface area contributed by atoms with Crippen molar-refractivity contribution in [1.82, 2.24) is 0 Å². The summed E-state index contributed by atoms with van der Waals surface area (Å²) in [6.07, 6.45) is 1.33. The van der Waals surface area contributed by atoms with E-state index in [0.717, 1.165) is 6.07 Å². The molecule has 10 heteroatoms. The van der Waals surface area contributed by atoms with E-state index in [2.05, 4.69) is 4.99 Å². The van der Waals surface area contributed by atoms with E-state index in [0.29, 0.717) is 5.56 Å². The molecule has 0 unspecified atom stereocenters. The second kappa shape index (κ2) is 6.73. The van der Waals surface area contributed by atoms with Crippen LogP contribution in [0.5, 0.6) is 0 Å². The third-order valence-electron chi connectivity index (χ3n) is 3.39. The van der Waals surface area contributed by atoms with Gasteiger partial charge in [0.2, 0.25) is 5.90 Å². The van der Waals surface area contributed by atoms with Crippen molar-refractivity contribution in [1.29, 1.82) is 0 Å². The zero-order valence-corrected chi connectivity index (χ0v) is 13.5. The maximum atomic E-state index is 12.0. The highest BCUT2D eigenvalue weighted by molar-refractivity contribution is 6.32. The van der Waals surface area contributed by atoms with Crippen molar-refractivity contribution in [3.8, 4) is 0 Å². The Morgan fingerprint density at radius 1 is 1.08 bits per heavy atom. The summed E-state index contributed by atoms with van der Waals surface area (Å²) in [5.74, 6) is -0.893. The molecule has 130 valence electrons. The molecular formula is C16H8ClN3O6. The summed E-state index contributed by atoms with van der Waals surface area (Å²) in [7, 11) is 0. The van der Waals surface area contributed by atoms with Crippen molar-refractivity contribution in [2.45, 2.75) is 0 Å². The number of esters is 1. The number of rotatable bonds is 4. The van der Waals surface area contributed by atoms with Crippen molar-refractivity contribution in [2.24, 2.45) is 4.99 Å². The molecule has 0 bridgehead atoms. The maximum Gasteiger partial charge on any atom is 0.363 e. The normalized spacial score (nSPS) is 14.9. The number of benzene rings is 2. The predicted molar refractivity (Wildman–Crippen MR) is 91.8 cm³/mol. The molecule has 0 aliphatic carbocycles. The van der Waals surface area contributed by atoms with Crippen LogP contribution in [0.1, 0.15) is 11.1 Å². The summed E-state index contributed by atoms with van der Waals surface area (Å²) in [6, 6.07) is 9.50. The monoisotopic (exact) mass is 373 g/mol. The summed E-state index contributed by atoms with van der Waals surface area (Å²) in [5.41, 5.74) is 0.0236. The molecule has 1 aliphatic heterocycles. The number of non-ortho nitro benzene ring substituents is 1. The fourth-order valence-corrected chi connectivity index (χ4v) is 2.39. The van der Waals surface area contributed by atoms with E-state index in [9.17, 15) is 25.0 Å². The number of carbonyl (C=O) groups excluding carboxylic acids is 1. The average molecular weight is 374 g/mol. The first-order valence-electron chi connectivity index (χ1n) is 7.06. The maximum absolute atomic E-state index is 12.0. The van der Waals surface area contributed by atoms with Gasteiger partial charge in [0.05, 0.1) is 9.85 Å². The zero-order valence-electron chi connectivity index (χ0n) is 12.8. The molecule has 2 aromatic rings. The first-order chi connectivity index (χ1) is 12.3. The van der Waals surface area contributed by atoms with Gasteiger partial charge >= 0.3 is 5.97 Å². The number of nitrogens with zero attached hydrogens (tertiary/aromatic N) is 3. The van der Waals surface area contributed by atoms with E-state index in [-0.39, 0.29) is 33.6 Å². The highest BCUT2D eigenvalue weighted by atomic mass is 35.5. The first-order valence-corrected chi connectivity index (χ1v) is 7.44. The minimum absolute atomic E-state index is 0.0592. The van der Waals surface area contributed by atoms with Crippen LogP contribution >= 0.6 is 11.6 Å². The van der Waals surface area contributed by atoms with Gasteiger partial charge in [-0.05, 0) is 23.8 Å². The Morgan fingerprint density at radius 2 is 1.85 bits per heavy atom. The summed E-state index contributed by atoms with van der Waals surface area (Å²) < 4.78 is 5.03. The van der Waals surface area contributed by atoms with E-state index in [4.69, 9.17) is 16.3 Å². The highest BCUT2D eigenvalue weighted by Gasteiger charge is 2.26. The average Bonchev–Trinajstić information content (AvgIpc) is 2.96. The molecule has 0 amide bonds. The molecule has 0 saturated carbocycles. The predicted octanol–water partition coefficient (Wildman–Crippen LogP) is 3.50. The van der Waals surface area contributed by atoms with Crippen LogP contribution in [0.3, 0.4) is 0 Å². The third kappa shape index (κ3) is 3.42. The lowest BCUT2D eigenvalue weighted by Gasteiger charge is -2.00. The van der Waals surface area contributed by atoms with Crippen LogP contribution in [0.25, 0.3) is 6.08 Å². The molecule has 0 aromatic heterocycles. The molecule has 1 heterocycles. The number of nitro benzene ring substituents is 2. The number of ether oxygens (including phenoxy) is 1. The smallest absolute Gasteiger partial charge is 0.363 e. The van der Waals surface area contributed by atoms with Crippen LogP contribution in [0, 0.1) is 20.2 Å². The third-order valence-corrected chi connectivity index (χ3v) is 3.71. The Bertz CT molecular complexity index is 1010. The Morgan fingerprint density at radius 3 is 2.54 bits per heavy atom. The van der Waals surface area contributed by atoms with Gasteiger partial charge in [-0.2, -0.15) is 0 Å². The number of nitro groups is 2. The fourth-order valence-electron chi connectivity index (χ4n) is 2.20. The second-order valence-electron chi connectivity index (χ2n) is 5.11. The Hall–Kier alpha value is -3.59. The first kappa shape index (κ1) is 17.2. The fraction of sp³-hybridized carbons (Fsp3) is 0. The molecule has 1 aliphatic rings. The molecule has 9 nitrogen and oxygen atoms in total. The van der Waals surface area contributed by atoms with Crippen molar-refractivity contribution in [3.05, 3.63) is 84.5 Å². The van der Waals surface area contributed by atoms with Crippen molar-refractivity contribution in [2.75, 3.05) is 0 Å². The summed E-state index contributed by atoms with van der Waals surface area (Å²) >= 11 is 5.75. The molecule has 0 atom stereocenters. The molecule has 3 rings (SSSR count). The van der Waals surface area contributed by atoms with Crippen LogP contribution in [-0.2, 0) is 9.53 Å². The lowest BCUT2D eigenvalue weighted by Crippen LogP contribution is -2.06. The summed E-state index contributed by atoms with van der Waals surface area (Å²) in [4.78, 5) is 36.5. The molecule has 0 radical (unpaired) electrons. The quantitative estimate of drug-likeness (QED) is 0.349. The van der Waals surface area contributed by atoms with Gasteiger partial charge in [0.1, 0.15) is 5.02 Å². The Kier molecular flexibility index (Phi) is 4.46.